The third kappa shape index (κ3) is 7.15. The van der Waals surface area contributed by atoms with Crippen molar-refractivity contribution in [3.05, 3.63) is 11.1 Å². The van der Waals surface area contributed by atoms with E-state index in [0.717, 1.165) is 35.7 Å². The van der Waals surface area contributed by atoms with Gasteiger partial charge in [0.05, 0.1) is 6.10 Å². The minimum absolute atomic E-state index is 0. The van der Waals surface area contributed by atoms with Gasteiger partial charge in [-0.2, -0.15) is 0 Å². The van der Waals surface area contributed by atoms with Crippen molar-refractivity contribution in [2.24, 2.45) is 5.73 Å². The fraction of sp³-hybridized carbons (Fsp3) is 0.714. The molecule has 9 heteroatoms. The molecule has 1 saturated carbocycles. The Labute approximate surface area is 158 Å². The van der Waals surface area contributed by atoms with Crippen molar-refractivity contribution in [1.29, 1.82) is 0 Å². The second-order valence-corrected chi connectivity index (χ2v) is 8.03. The van der Waals surface area contributed by atoms with E-state index >= 15 is 0 Å². The Bertz CT molecular complexity index is 480. The molecule has 0 aliphatic heterocycles. The van der Waals surface area contributed by atoms with Crippen LogP contribution in [0.4, 0.5) is 0 Å². The summed E-state index contributed by atoms with van der Waals surface area (Å²) >= 11 is 3.55. The molecular weight excluding hydrogens is 377 g/mol. The highest BCUT2D eigenvalue weighted by Gasteiger charge is 2.26. The van der Waals surface area contributed by atoms with Crippen LogP contribution in [0.15, 0.2) is 9.72 Å². The van der Waals surface area contributed by atoms with Gasteiger partial charge in [-0.1, -0.05) is 11.8 Å². The molecule has 2 rings (SSSR count). The molecule has 1 fully saturated rings. The molecule has 0 saturated heterocycles. The standard InChI is InChI=1S/C14H23N3O2S2.2ClH/c1-8-7-20-14(16-8)21-11-5-3-10(4-6-11)17-13(19)12(15)9(2)18;;/h7,9-12,18H,3-6,15H2,1-2H3,(H,17,19);2*1H/t9-,10?,11?,12+;;/m1../s1. The first kappa shape index (κ1) is 22.9. The number of aromatic nitrogens is 1. The van der Waals surface area contributed by atoms with Crippen molar-refractivity contribution in [3.8, 4) is 0 Å². The first-order valence-corrected chi connectivity index (χ1v) is 9.04. The molecule has 0 spiro atoms. The molecule has 1 amide bonds. The Morgan fingerprint density at radius 3 is 2.52 bits per heavy atom. The van der Waals surface area contributed by atoms with Gasteiger partial charge in [-0.25, -0.2) is 4.98 Å². The molecule has 23 heavy (non-hydrogen) atoms. The predicted molar refractivity (Wildman–Crippen MR) is 101 cm³/mol. The molecule has 0 bridgehead atoms. The molecule has 1 aromatic rings. The van der Waals surface area contributed by atoms with Gasteiger partial charge in [0.1, 0.15) is 10.4 Å². The lowest BCUT2D eigenvalue weighted by Crippen LogP contribution is -2.51. The van der Waals surface area contributed by atoms with Gasteiger partial charge in [-0.3, -0.25) is 4.79 Å². The summed E-state index contributed by atoms with van der Waals surface area (Å²) in [5.74, 6) is -0.253. The van der Waals surface area contributed by atoms with E-state index in [1.807, 2.05) is 18.7 Å². The summed E-state index contributed by atoms with van der Waals surface area (Å²) in [5.41, 5.74) is 6.72. The Morgan fingerprint density at radius 2 is 2.04 bits per heavy atom. The van der Waals surface area contributed by atoms with Crippen molar-refractivity contribution >= 4 is 53.8 Å². The monoisotopic (exact) mass is 401 g/mol. The topological polar surface area (TPSA) is 88.2 Å². The lowest BCUT2D eigenvalue weighted by molar-refractivity contribution is -0.125. The zero-order valence-corrected chi connectivity index (χ0v) is 16.5. The van der Waals surface area contributed by atoms with Gasteiger partial charge in [0.15, 0.2) is 0 Å². The zero-order valence-electron chi connectivity index (χ0n) is 13.2. The van der Waals surface area contributed by atoms with Crippen LogP contribution in [0.25, 0.3) is 0 Å². The van der Waals surface area contributed by atoms with E-state index in [0.29, 0.717) is 5.25 Å². The first-order valence-electron chi connectivity index (χ1n) is 7.28. The number of carbonyl (C=O) groups excluding carboxylic acids is 1. The highest BCUT2D eigenvalue weighted by molar-refractivity contribution is 8.01. The number of halogens is 2. The van der Waals surface area contributed by atoms with Crippen molar-refractivity contribution in [2.45, 2.75) is 67.3 Å². The van der Waals surface area contributed by atoms with E-state index in [4.69, 9.17) is 5.73 Å². The summed E-state index contributed by atoms with van der Waals surface area (Å²) in [7, 11) is 0. The Morgan fingerprint density at radius 1 is 1.43 bits per heavy atom. The van der Waals surface area contributed by atoms with E-state index in [2.05, 4.69) is 15.7 Å². The number of nitrogens with two attached hydrogens (primary N) is 1. The van der Waals surface area contributed by atoms with Gasteiger partial charge in [0.25, 0.3) is 0 Å². The lowest BCUT2D eigenvalue weighted by Gasteiger charge is -2.29. The Kier molecular flexibility index (Phi) is 10.7. The quantitative estimate of drug-likeness (QED) is 0.705. The molecule has 0 aromatic carbocycles. The smallest absolute Gasteiger partial charge is 0.239 e. The van der Waals surface area contributed by atoms with Crippen LogP contribution in [0.1, 0.15) is 38.3 Å². The maximum absolute atomic E-state index is 11.8. The number of hydrogen-bond donors (Lipinski definition) is 3. The summed E-state index contributed by atoms with van der Waals surface area (Å²) in [4.78, 5) is 16.3. The summed E-state index contributed by atoms with van der Waals surface area (Å²) in [6.45, 7) is 3.55. The van der Waals surface area contributed by atoms with E-state index in [1.54, 1.807) is 11.3 Å². The summed E-state index contributed by atoms with van der Waals surface area (Å²) in [5, 5.41) is 14.9. The predicted octanol–water partition coefficient (Wildman–Crippen LogP) is 2.52. The third-order valence-corrected chi connectivity index (χ3v) is 6.14. The van der Waals surface area contributed by atoms with Gasteiger partial charge >= 0.3 is 0 Å². The van der Waals surface area contributed by atoms with Gasteiger partial charge in [0, 0.05) is 22.4 Å². The zero-order chi connectivity index (χ0) is 15.4. The number of thiazole rings is 1. The minimum atomic E-state index is -0.838. The van der Waals surface area contributed by atoms with Crippen LogP contribution in [0.3, 0.4) is 0 Å². The lowest BCUT2D eigenvalue weighted by atomic mass is 9.94. The molecule has 134 valence electrons. The number of rotatable bonds is 5. The average Bonchev–Trinajstić information content (AvgIpc) is 2.85. The van der Waals surface area contributed by atoms with Gasteiger partial charge < -0.3 is 16.2 Å². The number of carbonyl (C=O) groups is 1. The van der Waals surface area contributed by atoms with Gasteiger partial charge in [0.2, 0.25) is 5.91 Å². The van der Waals surface area contributed by atoms with Crippen molar-refractivity contribution < 1.29 is 9.90 Å². The van der Waals surface area contributed by atoms with Crippen molar-refractivity contribution in [1.82, 2.24) is 10.3 Å². The van der Waals surface area contributed by atoms with Crippen LogP contribution in [-0.2, 0) is 4.79 Å². The number of nitrogens with one attached hydrogen (secondary N) is 1. The van der Waals surface area contributed by atoms with Crippen LogP contribution >= 0.6 is 47.9 Å². The fourth-order valence-electron chi connectivity index (χ4n) is 2.37. The van der Waals surface area contributed by atoms with Gasteiger partial charge in [-0.05, 0) is 39.5 Å². The SMILES string of the molecule is Cc1csc(SC2CCC(NC(=O)[C@@H](N)[C@@H](C)O)CC2)n1.Cl.Cl. The van der Waals surface area contributed by atoms with E-state index in [9.17, 15) is 9.90 Å². The van der Waals surface area contributed by atoms with E-state index < -0.39 is 12.1 Å². The van der Waals surface area contributed by atoms with Crippen molar-refractivity contribution in [3.63, 3.8) is 0 Å². The van der Waals surface area contributed by atoms with Crippen LogP contribution in [-0.4, -0.2) is 39.4 Å². The van der Waals surface area contributed by atoms with Crippen LogP contribution < -0.4 is 11.1 Å². The molecule has 1 heterocycles. The average molecular weight is 402 g/mol. The first-order chi connectivity index (χ1) is 9.95. The maximum atomic E-state index is 11.8. The molecular formula is C14H25Cl2N3O2S2. The maximum Gasteiger partial charge on any atom is 0.239 e. The van der Waals surface area contributed by atoms with Crippen LogP contribution in [0.2, 0.25) is 0 Å². The number of thioether (sulfide) groups is 1. The number of aryl methyl sites for hydroxylation is 1. The highest BCUT2D eigenvalue weighted by Crippen LogP contribution is 2.35. The minimum Gasteiger partial charge on any atom is -0.391 e. The van der Waals surface area contributed by atoms with Crippen LogP contribution in [0, 0.1) is 6.92 Å². The molecule has 2 atom stereocenters. The second kappa shape index (κ2) is 10.7. The number of nitrogens with zero attached hydrogens (tertiary/aromatic N) is 1. The number of hydrogen-bond acceptors (Lipinski definition) is 6. The van der Waals surface area contributed by atoms with E-state index in [-0.39, 0.29) is 36.8 Å². The normalized spacial score (nSPS) is 23.1. The number of aliphatic hydroxyl groups excluding tert-OH is 1. The molecule has 0 unspecified atom stereocenters. The third-order valence-electron chi connectivity index (χ3n) is 3.71. The van der Waals surface area contributed by atoms with Crippen LogP contribution in [0.5, 0.6) is 0 Å². The second-order valence-electron chi connectivity index (χ2n) is 5.62. The van der Waals surface area contributed by atoms with Crippen molar-refractivity contribution in [2.75, 3.05) is 0 Å². The molecule has 1 aromatic heterocycles. The highest BCUT2D eigenvalue weighted by atomic mass is 35.5. The molecule has 1 aliphatic carbocycles. The van der Waals surface area contributed by atoms with E-state index in [1.165, 1.54) is 6.92 Å². The molecule has 0 radical (unpaired) electrons. The molecule has 5 nitrogen and oxygen atoms in total. The number of aliphatic hydroxyl groups is 1. The molecule has 1 aliphatic rings. The Hall–Kier alpha value is -0.0500. The fourth-order valence-corrected chi connectivity index (χ4v) is 4.66. The van der Waals surface area contributed by atoms with Gasteiger partial charge in [-0.15, -0.1) is 36.2 Å². The summed E-state index contributed by atoms with van der Waals surface area (Å²) in [6.07, 6.45) is 3.24. The summed E-state index contributed by atoms with van der Waals surface area (Å²) in [6, 6.07) is -0.660. The Balaban J connectivity index is 0.00000242. The number of amides is 1. The largest absolute Gasteiger partial charge is 0.391 e. The molecule has 4 N–H and O–H groups in total. The summed E-state index contributed by atoms with van der Waals surface area (Å²) < 4.78 is 1.14.